The normalized spacial score (nSPS) is 13.8. The number of para-hydroxylation sites is 1. The van der Waals surface area contributed by atoms with Crippen LogP contribution in [-0.2, 0) is 12.0 Å². The highest BCUT2D eigenvalue weighted by Gasteiger charge is 2.27. The molecule has 0 aliphatic carbocycles. The number of nitrogens with zero attached hydrogens (tertiary/aromatic N) is 3. The van der Waals surface area contributed by atoms with E-state index in [-0.39, 0.29) is 6.54 Å². The Bertz CT molecular complexity index is 973. The first-order valence-electron chi connectivity index (χ1n) is 10.3. The molecule has 1 atom stereocenters. The molecule has 7 nitrogen and oxygen atoms in total. The van der Waals surface area contributed by atoms with Gasteiger partial charge in [-0.15, -0.1) is 0 Å². The van der Waals surface area contributed by atoms with Crippen LogP contribution in [0.25, 0.3) is 5.69 Å². The van der Waals surface area contributed by atoms with Crippen LogP contribution in [0.15, 0.2) is 58.2 Å². The minimum Gasteiger partial charge on any atom is -0.466 e. The first kappa shape index (κ1) is 21.6. The Hall–Kier alpha value is -3.06. The van der Waals surface area contributed by atoms with E-state index in [9.17, 15) is 5.11 Å². The third-order valence-corrected chi connectivity index (χ3v) is 4.87. The largest absolute Gasteiger partial charge is 0.466 e. The summed E-state index contributed by atoms with van der Waals surface area (Å²) in [7, 11) is 0. The third kappa shape index (κ3) is 5.51. The second kappa shape index (κ2) is 9.63. The average Bonchev–Trinajstić information content (AvgIpc) is 3.33. The lowest BCUT2D eigenvalue weighted by atomic mass is 9.96. The van der Waals surface area contributed by atoms with Gasteiger partial charge in [0.1, 0.15) is 17.1 Å². The van der Waals surface area contributed by atoms with Gasteiger partial charge in [-0.05, 0) is 57.9 Å². The molecule has 0 bridgehead atoms. The number of aliphatic hydroxyl groups is 1. The highest BCUT2D eigenvalue weighted by atomic mass is 16.3. The lowest BCUT2D eigenvalue weighted by Crippen LogP contribution is -2.39. The Morgan fingerprint density at radius 2 is 2.00 bits per heavy atom. The maximum Gasteiger partial charge on any atom is 0.191 e. The van der Waals surface area contributed by atoms with E-state index in [2.05, 4.69) is 20.7 Å². The summed E-state index contributed by atoms with van der Waals surface area (Å²) in [4.78, 5) is 4.58. The van der Waals surface area contributed by atoms with Crippen LogP contribution in [0.5, 0.6) is 0 Å². The second-order valence-corrected chi connectivity index (χ2v) is 7.60. The average molecular weight is 410 g/mol. The molecule has 3 aromatic rings. The van der Waals surface area contributed by atoms with Crippen LogP contribution in [-0.4, -0.2) is 40.5 Å². The highest BCUT2D eigenvalue weighted by Crippen LogP contribution is 2.27. The molecule has 0 aliphatic rings. The fraction of sp³-hybridized carbons (Fsp3) is 0.391. The molecule has 1 unspecified atom stereocenters. The van der Waals surface area contributed by atoms with Gasteiger partial charge in [0.15, 0.2) is 5.96 Å². The first-order chi connectivity index (χ1) is 14.4. The maximum atomic E-state index is 10.9. The van der Waals surface area contributed by atoms with Crippen LogP contribution >= 0.6 is 0 Å². The summed E-state index contributed by atoms with van der Waals surface area (Å²) < 4.78 is 7.43. The number of furan rings is 1. The van der Waals surface area contributed by atoms with Gasteiger partial charge in [-0.3, -0.25) is 0 Å². The lowest BCUT2D eigenvalue weighted by molar-refractivity contribution is 0.0657. The minimum absolute atomic E-state index is 0.230. The summed E-state index contributed by atoms with van der Waals surface area (Å²) >= 11 is 0. The number of hydrogen-bond donors (Lipinski definition) is 3. The van der Waals surface area contributed by atoms with Crippen LogP contribution in [0.3, 0.4) is 0 Å². The van der Waals surface area contributed by atoms with E-state index >= 15 is 0 Å². The molecule has 30 heavy (non-hydrogen) atoms. The Labute approximate surface area is 177 Å². The van der Waals surface area contributed by atoms with Gasteiger partial charge in [-0.25, -0.2) is 9.67 Å². The summed E-state index contributed by atoms with van der Waals surface area (Å²) in [6.07, 6.45) is 4.73. The van der Waals surface area contributed by atoms with Crippen molar-refractivity contribution in [2.75, 3.05) is 19.6 Å². The number of nitrogens with one attached hydrogen (secondary N) is 2. The smallest absolute Gasteiger partial charge is 0.191 e. The minimum atomic E-state index is -1.10. The number of aromatic nitrogens is 2. The second-order valence-electron chi connectivity index (χ2n) is 7.60. The number of hydrogen-bond acceptors (Lipinski definition) is 4. The summed E-state index contributed by atoms with van der Waals surface area (Å²) in [6.45, 7) is 9.19. The topological polar surface area (TPSA) is 87.6 Å². The lowest BCUT2D eigenvalue weighted by Gasteiger charge is -2.21. The Kier molecular flexibility index (Phi) is 6.95. The van der Waals surface area contributed by atoms with Gasteiger partial charge in [-0.2, -0.15) is 5.10 Å². The van der Waals surface area contributed by atoms with E-state index < -0.39 is 5.60 Å². The molecule has 2 heterocycles. The molecule has 0 saturated heterocycles. The third-order valence-electron chi connectivity index (χ3n) is 4.87. The zero-order valence-electron chi connectivity index (χ0n) is 18.1. The fourth-order valence-corrected chi connectivity index (χ4v) is 3.36. The van der Waals surface area contributed by atoms with Gasteiger partial charge >= 0.3 is 0 Å². The van der Waals surface area contributed by atoms with Crippen molar-refractivity contribution in [1.82, 2.24) is 20.4 Å². The van der Waals surface area contributed by atoms with Gasteiger partial charge in [0, 0.05) is 24.8 Å². The molecular weight excluding hydrogens is 378 g/mol. The van der Waals surface area contributed by atoms with E-state index in [1.54, 1.807) is 6.92 Å². The van der Waals surface area contributed by atoms with Crippen molar-refractivity contribution in [3.05, 3.63) is 71.4 Å². The number of aliphatic imine (C=N–C) groups is 1. The molecular formula is C23H31N5O2. The monoisotopic (exact) mass is 409 g/mol. The van der Waals surface area contributed by atoms with Crippen LogP contribution < -0.4 is 10.6 Å². The molecule has 1 aromatic carbocycles. The maximum absolute atomic E-state index is 10.9. The van der Waals surface area contributed by atoms with E-state index in [4.69, 9.17) is 4.42 Å². The molecule has 0 saturated carbocycles. The predicted molar refractivity (Wildman–Crippen MR) is 119 cm³/mol. The molecule has 0 aliphatic heterocycles. The van der Waals surface area contributed by atoms with Crippen molar-refractivity contribution in [3.63, 3.8) is 0 Å². The zero-order chi connectivity index (χ0) is 21.6. The zero-order valence-corrected chi connectivity index (χ0v) is 18.1. The van der Waals surface area contributed by atoms with Gasteiger partial charge in [-0.1, -0.05) is 18.2 Å². The van der Waals surface area contributed by atoms with Gasteiger partial charge in [0.25, 0.3) is 0 Å². The van der Waals surface area contributed by atoms with Crippen molar-refractivity contribution in [2.24, 2.45) is 4.99 Å². The number of rotatable bonds is 8. The Morgan fingerprint density at radius 3 is 2.67 bits per heavy atom. The summed E-state index contributed by atoms with van der Waals surface area (Å²) in [5, 5.41) is 21.9. The molecule has 0 fully saturated rings. The quantitative estimate of drug-likeness (QED) is 0.393. The number of benzene rings is 1. The molecule has 0 radical (unpaired) electrons. The molecule has 0 amide bonds. The summed E-state index contributed by atoms with van der Waals surface area (Å²) in [6, 6.07) is 11.9. The van der Waals surface area contributed by atoms with Gasteiger partial charge in [0.05, 0.1) is 18.4 Å². The standard InChI is InChI=1S/C23H31N5O2/c1-5-24-22(26-16-23(4,29)21-13-17(2)30-18(21)3)25-12-11-19-14-27-28(15-19)20-9-7-6-8-10-20/h6-10,13-15,29H,5,11-12,16H2,1-4H3,(H2,24,25,26). The molecule has 3 N–H and O–H groups in total. The SMILES string of the molecule is CCNC(=NCC(C)(O)c1cc(C)oc1C)NCCc1cnn(-c2ccccc2)c1. The van der Waals surface area contributed by atoms with Crippen molar-refractivity contribution >= 4 is 5.96 Å². The Balaban J connectivity index is 1.58. The molecule has 2 aromatic heterocycles. The van der Waals surface area contributed by atoms with Gasteiger partial charge in [0.2, 0.25) is 0 Å². The molecule has 3 rings (SSSR count). The molecule has 0 spiro atoms. The van der Waals surface area contributed by atoms with Crippen LogP contribution in [0.2, 0.25) is 0 Å². The van der Waals surface area contributed by atoms with Crippen LogP contribution in [0.1, 0.15) is 36.5 Å². The van der Waals surface area contributed by atoms with E-state index in [1.165, 1.54) is 0 Å². The predicted octanol–water partition coefficient (Wildman–Crippen LogP) is 3.09. The Morgan fingerprint density at radius 1 is 1.23 bits per heavy atom. The highest BCUT2D eigenvalue weighted by molar-refractivity contribution is 5.79. The van der Waals surface area contributed by atoms with Crippen LogP contribution in [0.4, 0.5) is 0 Å². The first-order valence-corrected chi connectivity index (χ1v) is 10.3. The van der Waals surface area contributed by atoms with Crippen molar-refractivity contribution < 1.29 is 9.52 Å². The summed E-state index contributed by atoms with van der Waals surface area (Å²) in [5.74, 6) is 2.18. The van der Waals surface area contributed by atoms with E-state index in [0.29, 0.717) is 12.5 Å². The fourth-order valence-electron chi connectivity index (χ4n) is 3.36. The van der Waals surface area contributed by atoms with Crippen molar-refractivity contribution in [1.29, 1.82) is 0 Å². The van der Waals surface area contributed by atoms with E-state index in [0.717, 1.165) is 41.3 Å². The van der Waals surface area contributed by atoms with Crippen molar-refractivity contribution in [3.8, 4) is 5.69 Å². The number of aryl methyl sites for hydroxylation is 2. The van der Waals surface area contributed by atoms with Crippen LogP contribution in [0, 0.1) is 13.8 Å². The van der Waals surface area contributed by atoms with E-state index in [1.807, 2.05) is 74.2 Å². The van der Waals surface area contributed by atoms with Gasteiger partial charge < -0.3 is 20.2 Å². The van der Waals surface area contributed by atoms with Crippen molar-refractivity contribution in [2.45, 2.75) is 39.7 Å². The molecule has 7 heteroatoms. The molecule has 160 valence electrons. The summed E-state index contributed by atoms with van der Waals surface area (Å²) in [5.41, 5.74) is 1.85. The number of guanidine groups is 1.